The predicted octanol–water partition coefficient (Wildman–Crippen LogP) is 4.01. The molecule has 0 aliphatic heterocycles. The highest BCUT2D eigenvalue weighted by atomic mass is 16.2. The van der Waals surface area contributed by atoms with Crippen LogP contribution in [0.2, 0.25) is 0 Å². The van der Waals surface area contributed by atoms with Crippen molar-refractivity contribution in [1.82, 2.24) is 0 Å². The molecule has 3 heteroatoms. The SMILES string of the molecule is CCNc1ccc(C(=O)N(C)c2ccc(C)cc2C)cc1. The third-order valence-corrected chi connectivity index (χ3v) is 3.53. The van der Waals surface area contributed by atoms with Gasteiger partial charge in [-0.2, -0.15) is 0 Å². The van der Waals surface area contributed by atoms with Gasteiger partial charge in [0.1, 0.15) is 0 Å². The summed E-state index contributed by atoms with van der Waals surface area (Å²) in [6.45, 7) is 7.00. The molecule has 1 amide bonds. The van der Waals surface area contributed by atoms with Crippen LogP contribution in [-0.2, 0) is 0 Å². The number of anilines is 2. The summed E-state index contributed by atoms with van der Waals surface area (Å²) in [4.78, 5) is 14.3. The summed E-state index contributed by atoms with van der Waals surface area (Å²) in [5.41, 5.74) is 4.98. The van der Waals surface area contributed by atoms with E-state index in [0.717, 1.165) is 23.5 Å². The van der Waals surface area contributed by atoms with Crippen molar-refractivity contribution in [3.05, 3.63) is 59.2 Å². The Kier molecular flexibility index (Phi) is 4.63. The molecule has 0 aliphatic rings. The topological polar surface area (TPSA) is 32.3 Å². The third-order valence-electron chi connectivity index (χ3n) is 3.53. The van der Waals surface area contributed by atoms with Gasteiger partial charge >= 0.3 is 0 Å². The maximum absolute atomic E-state index is 12.6. The van der Waals surface area contributed by atoms with Crippen LogP contribution in [0, 0.1) is 13.8 Å². The van der Waals surface area contributed by atoms with E-state index in [2.05, 4.69) is 18.3 Å². The Morgan fingerprint density at radius 3 is 2.33 bits per heavy atom. The second kappa shape index (κ2) is 6.44. The lowest BCUT2D eigenvalue weighted by molar-refractivity contribution is 0.0993. The van der Waals surface area contributed by atoms with Crippen molar-refractivity contribution < 1.29 is 4.79 Å². The van der Waals surface area contributed by atoms with Crippen LogP contribution < -0.4 is 10.2 Å². The van der Waals surface area contributed by atoms with Crippen LogP contribution in [0.4, 0.5) is 11.4 Å². The molecule has 0 saturated carbocycles. The molecule has 2 aromatic rings. The minimum atomic E-state index is 0.00463. The molecular formula is C18H22N2O. The van der Waals surface area contributed by atoms with Crippen LogP contribution in [0.25, 0.3) is 0 Å². The Balaban J connectivity index is 2.22. The zero-order chi connectivity index (χ0) is 15.4. The smallest absolute Gasteiger partial charge is 0.258 e. The van der Waals surface area contributed by atoms with E-state index in [1.807, 2.05) is 57.3 Å². The monoisotopic (exact) mass is 282 g/mol. The molecule has 0 bridgehead atoms. The fraction of sp³-hybridized carbons (Fsp3) is 0.278. The highest BCUT2D eigenvalue weighted by molar-refractivity contribution is 6.06. The van der Waals surface area contributed by atoms with Gasteiger partial charge in [0.05, 0.1) is 0 Å². The number of nitrogens with one attached hydrogen (secondary N) is 1. The maximum atomic E-state index is 12.6. The summed E-state index contributed by atoms with van der Waals surface area (Å²) in [5, 5.41) is 3.23. The molecule has 3 nitrogen and oxygen atoms in total. The van der Waals surface area contributed by atoms with E-state index in [1.165, 1.54) is 5.56 Å². The second-order valence-electron chi connectivity index (χ2n) is 5.26. The quantitative estimate of drug-likeness (QED) is 0.919. The molecule has 0 aromatic heterocycles. The molecule has 2 rings (SSSR count). The van der Waals surface area contributed by atoms with E-state index in [1.54, 1.807) is 4.90 Å². The summed E-state index contributed by atoms with van der Waals surface area (Å²) in [7, 11) is 1.82. The van der Waals surface area contributed by atoms with Crippen molar-refractivity contribution in [2.45, 2.75) is 20.8 Å². The summed E-state index contributed by atoms with van der Waals surface area (Å²) in [5.74, 6) is 0.00463. The summed E-state index contributed by atoms with van der Waals surface area (Å²) in [6, 6.07) is 13.7. The minimum Gasteiger partial charge on any atom is -0.385 e. The number of nitrogens with zero attached hydrogens (tertiary/aromatic N) is 1. The van der Waals surface area contributed by atoms with E-state index >= 15 is 0 Å². The van der Waals surface area contributed by atoms with Crippen molar-refractivity contribution in [2.24, 2.45) is 0 Å². The number of benzene rings is 2. The van der Waals surface area contributed by atoms with Gasteiger partial charge in [-0.3, -0.25) is 4.79 Å². The number of hydrogen-bond acceptors (Lipinski definition) is 2. The summed E-state index contributed by atoms with van der Waals surface area (Å²) >= 11 is 0. The first-order chi connectivity index (χ1) is 10.0. The first-order valence-electron chi connectivity index (χ1n) is 7.22. The van der Waals surface area contributed by atoms with Crippen molar-refractivity contribution in [3.8, 4) is 0 Å². The zero-order valence-electron chi connectivity index (χ0n) is 13.1. The molecule has 0 radical (unpaired) electrons. The molecule has 0 unspecified atom stereocenters. The lowest BCUT2D eigenvalue weighted by Gasteiger charge is -2.20. The van der Waals surface area contributed by atoms with Crippen LogP contribution in [0.3, 0.4) is 0 Å². The number of aryl methyl sites for hydroxylation is 2. The Morgan fingerprint density at radius 2 is 1.76 bits per heavy atom. The van der Waals surface area contributed by atoms with Crippen molar-refractivity contribution in [2.75, 3.05) is 23.8 Å². The molecule has 0 atom stereocenters. The average Bonchev–Trinajstić information content (AvgIpc) is 2.47. The Bertz CT molecular complexity index is 632. The molecule has 0 aliphatic carbocycles. The van der Waals surface area contributed by atoms with E-state index < -0.39 is 0 Å². The first kappa shape index (κ1) is 15.1. The first-order valence-corrected chi connectivity index (χ1v) is 7.22. The van der Waals surface area contributed by atoms with E-state index in [4.69, 9.17) is 0 Å². The van der Waals surface area contributed by atoms with Crippen LogP contribution in [0.15, 0.2) is 42.5 Å². The Morgan fingerprint density at radius 1 is 1.10 bits per heavy atom. The highest BCUT2D eigenvalue weighted by Crippen LogP contribution is 2.22. The number of amides is 1. The predicted molar refractivity (Wildman–Crippen MR) is 89.3 cm³/mol. The lowest BCUT2D eigenvalue weighted by Crippen LogP contribution is -2.26. The van der Waals surface area contributed by atoms with Gasteiger partial charge in [-0.05, 0) is 56.7 Å². The fourth-order valence-corrected chi connectivity index (χ4v) is 2.42. The van der Waals surface area contributed by atoms with Crippen molar-refractivity contribution in [1.29, 1.82) is 0 Å². The van der Waals surface area contributed by atoms with Gasteiger partial charge in [0.2, 0.25) is 0 Å². The minimum absolute atomic E-state index is 0.00463. The van der Waals surface area contributed by atoms with Crippen LogP contribution in [0.5, 0.6) is 0 Å². The number of carbonyl (C=O) groups is 1. The van der Waals surface area contributed by atoms with Gasteiger partial charge in [0.15, 0.2) is 0 Å². The Hall–Kier alpha value is -2.29. The van der Waals surface area contributed by atoms with Crippen molar-refractivity contribution >= 4 is 17.3 Å². The zero-order valence-corrected chi connectivity index (χ0v) is 13.1. The molecule has 110 valence electrons. The molecule has 21 heavy (non-hydrogen) atoms. The van der Waals surface area contributed by atoms with Gasteiger partial charge in [-0.25, -0.2) is 0 Å². The summed E-state index contributed by atoms with van der Waals surface area (Å²) < 4.78 is 0. The maximum Gasteiger partial charge on any atom is 0.258 e. The van der Waals surface area contributed by atoms with Crippen LogP contribution in [0.1, 0.15) is 28.4 Å². The molecule has 0 fully saturated rings. The van der Waals surface area contributed by atoms with Crippen LogP contribution >= 0.6 is 0 Å². The van der Waals surface area contributed by atoms with Gasteiger partial charge in [-0.15, -0.1) is 0 Å². The fourth-order valence-electron chi connectivity index (χ4n) is 2.42. The van der Waals surface area contributed by atoms with Crippen LogP contribution in [-0.4, -0.2) is 19.5 Å². The summed E-state index contributed by atoms with van der Waals surface area (Å²) in [6.07, 6.45) is 0. The third kappa shape index (κ3) is 3.43. The molecule has 1 N–H and O–H groups in total. The molecular weight excluding hydrogens is 260 g/mol. The van der Waals surface area contributed by atoms with Gasteiger partial charge in [0, 0.05) is 30.5 Å². The average molecular weight is 282 g/mol. The number of hydrogen-bond donors (Lipinski definition) is 1. The van der Waals surface area contributed by atoms with Gasteiger partial charge < -0.3 is 10.2 Å². The highest BCUT2D eigenvalue weighted by Gasteiger charge is 2.15. The standard InChI is InChI=1S/C18H22N2O/c1-5-19-16-9-7-15(8-10-16)18(21)20(4)17-11-6-13(2)12-14(17)3/h6-12,19H,5H2,1-4H3. The largest absolute Gasteiger partial charge is 0.385 e. The molecule has 0 spiro atoms. The van der Waals surface area contributed by atoms with Gasteiger partial charge in [-0.1, -0.05) is 17.7 Å². The van der Waals surface area contributed by atoms with Gasteiger partial charge in [0.25, 0.3) is 5.91 Å². The molecule has 0 saturated heterocycles. The van der Waals surface area contributed by atoms with E-state index in [9.17, 15) is 4.79 Å². The van der Waals surface area contributed by atoms with E-state index in [0.29, 0.717) is 5.56 Å². The van der Waals surface area contributed by atoms with Crippen molar-refractivity contribution in [3.63, 3.8) is 0 Å². The second-order valence-corrected chi connectivity index (χ2v) is 5.26. The molecule has 2 aromatic carbocycles. The normalized spacial score (nSPS) is 10.3. The number of carbonyl (C=O) groups excluding carboxylic acids is 1. The number of rotatable bonds is 4. The Labute approximate surface area is 126 Å². The molecule has 0 heterocycles. The van der Waals surface area contributed by atoms with E-state index in [-0.39, 0.29) is 5.91 Å². The lowest BCUT2D eigenvalue weighted by atomic mass is 10.1.